The fourth-order valence-electron chi connectivity index (χ4n) is 1.56. The van der Waals surface area contributed by atoms with Crippen LogP contribution in [-0.2, 0) is 4.74 Å². The molecule has 0 N–H and O–H groups in total. The highest BCUT2D eigenvalue weighted by Crippen LogP contribution is 2.04. The van der Waals surface area contributed by atoms with Gasteiger partial charge in [-0.05, 0) is 27.7 Å². The third-order valence-electron chi connectivity index (χ3n) is 2.93. The van der Waals surface area contributed by atoms with Crippen molar-refractivity contribution in [3.05, 3.63) is 12.3 Å². The van der Waals surface area contributed by atoms with Gasteiger partial charge in [-0.15, -0.1) is 0 Å². The minimum absolute atomic E-state index is 0.833. The van der Waals surface area contributed by atoms with Gasteiger partial charge in [-0.25, -0.2) is 0 Å². The topological polar surface area (TPSA) is 9.23 Å². The predicted octanol–water partition coefficient (Wildman–Crippen LogP) is 2.41. The Hall–Kier alpha value is -0.500. The summed E-state index contributed by atoms with van der Waals surface area (Å²) >= 11 is 0. The van der Waals surface area contributed by atoms with Crippen molar-refractivity contribution in [3.63, 3.8) is 0 Å². The van der Waals surface area contributed by atoms with Gasteiger partial charge >= 0.3 is 0 Å². The lowest BCUT2D eigenvalue weighted by molar-refractivity contribution is -0.923. The van der Waals surface area contributed by atoms with E-state index in [1.165, 1.54) is 19.6 Å². The lowest BCUT2D eigenvalue weighted by Crippen LogP contribution is -2.49. The highest BCUT2D eigenvalue weighted by molar-refractivity contribution is 4.64. The minimum atomic E-state index is 0.833. The molecule has 0 saturated carbocycles. The average molecular weight is 186 g/mol. The summed E-state index contributed by atoms with van der Waals surface area (Å²) in [6, 6.07) is 0. The molecule has 0 aliphatic heterocycles. The van der Waals surface area contributed by atoms with Crippen molar-refractivity contribution in [1.29, 1.82) is 0 Å². The van der Waals surface area contributed by atoms with Crippen LogP contribution < -0.4 is 0 Å². The molecular weight excluding hydrogens is 162 g/mol. The first-order valence-corrected chi connectivity index (χ1v) is 5.32. The van der Waals surface area contributed by atoms with E-state index < -0.39 is 0 Å². The Morgan fingerprint density at radius 1 is 1.08 bits per heavy atom. The third kappa shape index (κ3) is 4.32. The third-order valence-corrected chi connectivity index (χ3v) is 2.93. The molecule has 0 bridgehead atoms. The van der Waals surface area contributed by atoms with Crippen LogP contribution in [-0.4, -0.2) is 37.3 Å². The Morgan fingerprint density at radius 3 is 2.00 bits per heavy atom. The zero-order chi connectivity index (χ0) is 10.2. The molecule has 78 valence electrons. The molecule has 0 atom stereocenters. The van der Waals surface area contributed by atoms with Crippen LogP contribution in [0, 0.1) is 0 Å². The van der Waals surface area contributed by atoms with Crippen molar-refractivity contribution in [2.24, 2.45) is 0 Å². The van der Waals surface area contributed by atoms with Crippen molar-refractivity contribution < 1.29 is 9.22 Å². The van der Waals surface area contributed by atoms with Gasteiger partial charge in [0.05, 0.1) is 25.9 Å². The van der Waals surface area contributed by atoms with Crippen molar-refractivity contribution in [1.82, 2.24) is 0 Å². The molecule has 0 heterocycles. The van der Waals surface area contributed by atoms with Crippen LogP contribution in [0.3, 0.4) is 0 Å². The van der Waals surface area contributed by atoms with E-state index in [1.807, 2.05) is 13.0 Å². The van der Waals surface area contributed by atoms with E-state index in [1.54, 1.807) is 6.26 Å². The summed E-state index contributed by atoms with van der Waals surface area (Å²) in [5.74, 6) is 0. The summed E-state index contributed by atoms with van der Waals surface area (Å²) < 4.78 is 6.51. The van der Waals surface area contributed by atoms with Crippen LogP contribution in [0.5, 0.6) is 0 Å². The van der Waals surface area contributed by atoms with Gasteiger partial charge in [0.2, 0.25) is 0 Å². The molecular formula is C11H24NO+. The maximum absolute atomic E-state index is 5.35. The fraction of sp³-hybridized carbons (Fsp3) is 0.818. The number of hydrogen-bond donors (Lipinski definition) is 0. The van der Waals surface area contributed by atoms with Gasteiger partial charge in [0.1, 0.15) is 13.2 Å². The van der Waals surface area contributed by atoms with E-state index in [9.17, 15) is 0 Å². The van der Waals surface area contributed by atoms with Gasteiger partial charge in [-0.2, -0.15) is 0 Å². The number of likely N-dealkylation sites (N-methyl/N-ethyl adjacent to an activating group) is 1. The Balaban J connectivity index is 3.81. The minimum Gasteiger partial charge on any atom is -0.496 e. The summed E-state index contributed by atoms with van der Waals surface area (Å²) in [6.07, 6.45) is 3.70. The van der Waals surface area contributed by atoms with Crippen molar-refractivity contribution in [2.45, 2.75) is 27.7 Å². The zero-order valence-corrected chi connectivity index (χ0v) is 9.55. The van der Waals surface area contributed by atoms with Gasteiger partial charge in [-0.3, -0.25) is 0 Å². The molecule has 0 radical (unpaired) electrons. The maximum Gasteiger partial charge on any atom is 0.136 e. The molecule has 0 amide bonds. The summed E-state index contributed by atoms with van der Waals surface area (Å²) in [7, 11) is 0. The molecule has 13 heavy (non-hydrogen) atoms. The molecule has 0 saturated heterocycles. The second-order valence-corrected chi connectivity index (χ2v) is 3.35. The van der Waals surface area contributed by atoms with Crippen molar-refractivity contribution >= 4 is 0 Å². The summed E-state index contributed by atoms with van der Waals surface area (Å²) in [6.45, 7) is 14.3. The number of allylic oxidation sites excluding steroid dienone is 1. The summed E-state index contributed by atoms with van der Waals surface area (Å²) in [4.78, 5) is 0. The van der Waals surface area contributed by atoms with Gasteiger partial charge in [0.25, 0.3) is 0 Å². The summed E-state index contributed by atoms with van der Waals surface area (Å²) in [5, 5.41) is 0. The van der Waals surface area contributed by atoms with E-state index in [2.05, 4.69) is 20.8 Å². The van der Waals surface area contributed by atoms with Crippen LogP contribution >= 0.6 is 0 Å². The molecule has 2 nitrogen and oxygen atoms in total. The van der Waals surface area contributed by atoms with Crippen molar-refractivity contribution in [2.75, 3.05) is 32.8 Å². The van der Waals surface area contributed by atoms with E-state index >= 15 is 0 Å². The Labute approximate surface area is 82.8 Å². The number of hydrogen-bond acceptors (Lipinski definition) is 1. The second-order valence-electron chi connectivity index (χ2n) is 3.35. The van der Waals surface area contributed by atoms with Gasteiger partial charge in [0, 0.05) is 0 Å². The number of quaternary nitrogens is 1. The lowest BCUT2D eigenvalue weighted by Gasteiger charge is -2.35. The van der Waals surface area contributed by atoms with Crippen LogP contribution in [0.2, 0.25) is 0 Å². The van der Waals surface area contributed by atoms with E-state index in [-0.39, 0.29) is 0 Å². The second kappa shape index (κ2) is 6.96. The van der Waals surface area contributed by atoms with Crippen molar-refractivity contribution in [3.8, 4) is 0 Å². The first-order valence-electron chi connectivity index (χ1n) is 5.32. The van der Waals surface area contributed by atoms with Gasteiger partial charge < -0.3 is 9.22 Å². The maximum atomic E-state index is 5.35. The van der Waals surface area contributed by atoms with Crippen LogP contribution in [0.4, 0.5) is 0 Å². The molecule has 0 aromatic rings. The molecule has 0 aromatic carbocycles. The zero-order valence-electron chi connectivity index (χ0n) is 9.55. The first kappa shape index (κ1) is 12.5. The molecule has 2 heteroatoms. The highest BCUT2D eigenvalue weighted by Gasteiger charge is 2.19. The molecule has 0 rings (SSSR count). The first-order chi connectivity index (χ1) is 6.24. The smallest absolute Gasteiger partial charge is 0.136 e. The van der Waals surface area contributed by atoms with E-state index in [0.29, 0.717) is 0 Å². The quantitative estimate of drug-likeness (QED) is 0.337. The van der Waals surface area contributed by atoms with E-state index in [4.69, 9.17) is 4.74 Å². The molecule has 0 fully saturated rings. The highest BCUT2D eigenvalue weighted by atomic mass is 16.5. The summed E-state index contributed by atoms with van der Waals surface area (Å²) in [5.41, 5.74) is 0. The fourth-order valence-corrected chi connectivity index (χ4v) is 1.56. The lowest BCUT2D eigenvalue weighted by atomic mass is 10.3. The predicted molar refractivity (Wildman–Crippen MR) is 57.5 cm³/mol. The Morgan fingerprint density at radius 2 is 1.62 bits per heavy atom. The van der Waals surface area contributed by atoms with E-state index in [0.717, 1.165) is 17.6 Å². The van der Waals surface area contributed by atoms with Crippen LogP contribution in [0.1, 0.15) is 27.7 Å². The molecule has 0 aliphatic carbocycles. The molecule has 0 unspecified atom stereocenters. The Bertz CT molecular complexity index is 131. The molecule has 0 aliphatic rings. The number of rotatable bonds is 7. The Kier molecular flexibility index (Phi) is 6.69. The largest absolute Gasteiger partial charge is 0.496 e. The normalized spacial score (nSPS) is 12.3. The van der Waals surface area contributed by atoms with Gasteiger partial charge in [-0.1, -0.05) is 6.08 Å². The molecule has 0 spiro atoms. The standard InChI is InChI=1S/C11H24NO/c1-5-10-13-11-9-12(6-2,7-3)8-4/h5,10H,6-9,11H2,1-4H3/q+1/b10-5+. The number of ether oxygens (including phenoxy) is 1. The number of nitrogens with zero attached hydrogens (tertiary/aromatic N) is 1. The SMILES string of the molecule is C/C=C/OCC[N+](CC)(CC)CC. The average Bonchev–Trinajstić information content (AvgIpc) is 2.20. The van der Waals surface area contributed by atoms with Crippen LogP contribution in [0.25, 0.3) is 0 Å². The monoisotopic (exact) mass is 186 g/mol. The molecule has 0 aromatic heterocycles. The van der Waals surface area contributed by atoms with Crippen LogP contribution in [0.15, 0.2) is 12.3 Å². The van der Waals surface area contributed by atoms with Gasteiger partial charge in [0.15, 0.2) is 0 Å².